The molecular weight excluding hydrogens is 228 g/mol. The van der Waals surface area contributed by atoms with Crippen LogP contribution >= 0.6 is 0 Å². The second-order valence-corrected chi connectivity index (χ2v) is 4.29. The van der Waals surface area contributed by atoms with Gasteiger partial charge in [0.25, 0.3) is 0 Å². The fraction of sp³-hybridized carbons (Fsp3) is 0.750. The zero-order chi connectivity index (χ0) is 12.5. The number of halogens is 2. The van der Waals surface area contributed by atoms with Gasteiger partial charge in [-0.15, -0.1) is 6.58 Å². The van der Waals surface area contributed by atoms with Crippen molar-refractivity contribution in [2.24, 2.45) is 5.73 Å². The Balaban J connectivity index is 0. The molecule has 0 aliphatic heterocycles. The molecule has 0 saturated carbocycles. The van der Waals surface area contributed by atoms with Crippen molar-refractivity contribution in [3.63, 3.8) is 0 Å². The average Bonchev–Trinajstić information content (AvgIpc) is 2.13. The van der Waals surface area contributed by atoms with Crippen molar-refractivity contribution in [1.29, 1.82) is 0 Å². The van der Waals surface area contributed by atoms with Gasteiger partial charge in [0, 0.05) is 13.0 Å². The summed E-state index contributed by atoms with van der Waals surface area (Å²) in [5.74, 6) is 0. The zero-order valence-corrected chi connectivity index (χ0v) is 9.43. The minimum atomic E-state index is -5.21. The van der Waals surface area contributed by atoms with Crippen LogP contribution in [0, 0.1) is 0 Å². The summed E-state index contributed by atoms with van der Waals surface area (Å²) in [6.45, 7) is 5.59. The molecule has 3 N–H and O–H groups in total. The van der Waals surface area contributed by atoms with Crippen molar-refractivity contribution in [3.8, 4) is 0 Å². The second-order valence-electron chi connectivity index (χ2n) is 2.74. The molecule has 4 nitrogen and oxygen atoms in total. The fourth-order valence-electron chi connectivity index (χ4n) is 0.512. The standard InChI is InChI=1S/C5H10F2O3S.C3H7N/c1-2-3-4-5(6,7)11(8,9)10;1-2-3-4/h2-4H2,1H3,(H,8,9,10);2H,1,3-4H2. The van der Waals surface area contributed by atoms with Gasteiger partial charge in [-0.25, -0.2) is 0 Å². The van der Waals surface area contributed by atoms with E-state index >= 15 is 0 Å². The van der Waals surface area contributed by atoms with E-state index in [0.29, 0.717) is 13.0 Å². The molecule has 0 aliphatic rings. The highest BCUT2D eigenvalue weighted by atomic mass is 32.2. The Bertz CT molecular complexity index is 265. The van der Waals surface area contributed by atoms with Crippen molar-refractivity contribution < 1.29 is 21.8 Å². The van der Waals surface area contributed by atoms with Crippen LogP contribution in [-0.2, 0) is 10.1 Å². The lowest BCUT2D eigenvalue weighted by molar-refractivity contribution is 0.0689. The molecule has 0 aromatic carbocycles. The van der Waals surface area contributed by atoms with E-state index in [1.54, 1.807) is 13.0 Å². The van der Waals surface area contributed by atoms with Crippen molar-refractivity contribution in [2.75, 3.05) is 6.54 Å². The van der Waals surface area contributed by atoms with Crippen molar-refractivity contribution in [2.45, 2.75) is 31.4 Å². The predicted octanol–water partition coefficient (Wildman–Crippen LogP) is 1.79. The summed E-state index contributed by atoms with van der Waals surface area (Å²) < 4.78 is 52.5. The number of hydrogen-bond donors (Lipinski definition) is 2. The first-order valence-corrected chi connectivity index (χ1v) is 5.82. The summed E-state index contributed by atoms with van der Waals surface area (Å²) in [5, 5.41) is -3.98. The maximum atomic E-state index is 12.3. The van der Waals surface area contributed by atoms with Crippen molar-refractivity contribution >= 4 is 10.1 Å². The molecule has 0 unspecified atom stereocenters. The summed E-state index contributed by atoms with van der Waals surface area (Å²) in [6, 6.07) is 0. The van der Waals surface area contributed by atoms with Gasteiger partial charge in [-0.3, -0.25) is 4.55 Å². The third-order valence-electron chi connectivity index (χ3n) is 1.37. The molecule has 0 atom stereocenters. The molecule has 7 heteroatoms. The Labute approximate surface area is 88.9 Å². The quantitative estimate of drug-likeness (QED) is 0.571. The van der Waals surface area contributed by atoms with Crippen LogP contribution in [0.4, 0.5) is 8.78 Å². The second kappa shape index (κ2) is 7.72. The van der Waals surface area contributed by atoms with Gasteiger partial charge in [0.1, 0.15) is 0 Å². The van der Waals surface area contributed by atoms with Crippen LogP contribution < -0.4 is 5.73 Å². The number of alkyl halides is 2. The fourth-order valence-corrected chi connectivity index (χ4v) is 0.914. The first-order valence-electron chi connectivity index (χ1n) is 4.38. The Kier molecular flexibility index (Phi) is 8.69. The van der Waals surface area contributed by atoms with E-state index < -0.39 is 21.8 Å². The Morgan fingerprint density at radius 2 is 1.93 bits per heavy atom. The molecule has 0 bridgehead atoms. The van der Waals surface area contributed by atoms with Gasteiger partial charge in [-0.1, -0.05) is 19.4 Å². The highest BCUT2D eigenvalue weighted by molar-refractivity contribution is 7.86. The van der Waals surface area contributed by atoms with E-state index in [0.717, 1.165) is 0 Å². The van der Waals surface area contributed by atoms with Gasteiger partial charge in [0.2, 0.25) is 0 Å². The molecule has 15 heavy (non-hydrogen) atoms. The normalized spacial score (nSPS) is 11.5. The van der Waals surface area contributed by atoms with Gasteiger partial charge in [-0.05, 0) is 6.42 Å². The summed E-state index contributed by atoms with van der Waals surface area (Å²) >= 11 is 0. The third kappa shape index (κ3) is 8.46. The van der Waals surface area contributed by atoms with E-state index in [4.69, 9.17) is 10.3 Å². The smallest absolute Gasteiger partial charge is 0.327 e. The highest BCUT2D eigenvalue weighted by Crippen LogP contribution is 2.26. The van der Waals surface area contributed by atoms with E-state index in [-0.39, 0.29) is 6.42 Å². The van der Waals surface area contributed by atoms with Gasteiger partial charge in [-0.2, -0.15) is 17.2 Å². The summed E-state index contributed by atoms with van der Waals surface area (Å²) in [7, 11) is -5.21. The van der Waals surface area contributed by atoms with Crippen LogP contribution in [0.1, 0.15) is 26.2 Å². The zero-order valence-electron chi connectivity index (χ0n) is 8.62. The Hall–Kier alpha value is -0.530. The highest BCUT2D eigenvalue weighted by Gasteiger charge is 2.42. The Morgan fingerprint density at radius 1 is 1.53 bits per heavy atom. The molecule has 0 heterocycles. The molecule has 0 aromatic heterocycles. The Morgan fingerprint density at radius 3 is 2.13 bits per heavy atom. The average molecular weight is 245 g/mol. The van der Waals surface area contributed by atoms with E-state index in [9.17, 15) is 17.2 Å². The van der Waals surface area contributed by atoms with Gasteiger partial charge >= 0.3 is 15.4 Å². The molecule has 0 rings (SSSR count). The monoisotopic (exact) mass is 245 g/mol. The molecule has 92 valence electrons. The number of rotatable bonds is 5. The summed E-state index contributed by atoms with van der Waals surface area (Å²) in [4.78, 5) is 0. The largest absolute Gasteiger partial charge is 0.370 e. The summed E-state index contributed by atoms with van der Waals surface area (Å²) in [6.07, 6.45) is 1.38. The van der Waals surface area contributed by atoms with E-state index in [2.05, 4.69) is 6.58 Å². The van der Waals surface area contributed by atoms with Gasteiger partial charge in [0.05, 0.1) is 0 Å². The van der Waals surface area contributed by atoms with Crippen molar-refractivity contribution in [1.82, 2.24) is 0 Å². The molecule has 0 aliphatic carbocycles. The summed E-state index contributed by atoms with van der Waals surface area (Å²) in [5.41, 5.74) is 4.91. The first kappa shape index (κ1) is 16.9. The number of hydrogen-bond acceptors (Lipinski definition) is 3. The molecule has 0 spiro atoms. The van der Waals surface area contributed by atoms with Crippen LogP contribution in [0.3, 0.4) is 0 Å². The van der Waals surface area contributed by atoms with E-state index in [1.807, 2.05) is 0 Å². The SMILES string of the molecule is C=CCN.CCCCC(F)(F)S(=O)(=O)O. The van der Waals surface area contributed by atoms with Crippen LogP contribution in [0.2, 0.25) is 0 Å². The number of unbranched alkanes of at least 4 members (excludes halogenated alkanes) is 1. The lowest BCUT2D eigenvalue weighted by atomic mass is 10.3. The number of nitrogens with two attached hydrogens (primary N) is 1. The molecule has 0 radical (unpaired) electrons. The maximum absolute atomic E-state index is 12.3. The van der Waals surface area contributed by atoms with Crippen LogP contribution in [0.15, 0.2) is 12.7 Å². The van der Waals surface area contributed by atoms with Crippen LogP contribution in [0.5, 0.6) is 0 Å². The molecule has 0 aromatic rings. The first-order chi connectivity index (χ1) is 6.72. The topological polar surface area (TPSA) is 80.4 Å². The van der Waals surface area contributed by atoms with Gasteiger partial charge < -0.3 is 5.73 Å². The van der Waals surface area contributed by atoms with Gasteiger partial charge in [0.15, 0.2) is 0 Å². The molecule has 0 amide bonds. The third-order valence-corrected chi connectivity index (χ3v) is 2.32. The van der Waals surface area contributed by atoms with Crippen LogP contribution in [-0.4, -0.2) is 24.8 Å². The minimum Gasteiger partial charge on any atom is -0.327 e. The lowest BCUT2D eigenvalue weighted by Crippen LogP contribution is -2.27. The molecule has 0 fully saturated rings. The van der Waals surface area contributed by atoms with E-state index in [1.165, 1.54) is 0 Å². The van der Waals surface area contributed by atoms with Crippen molar-refractivity contribution in [3.05, 3.63) is 12.7 Å². The minimum absolute atomic E-state index is 0.0762. The molecular formula is C8H17F2NO3S. The predicted molar refractivity (Wildman–Crippen MR) is 55.3 cm³/mol. The lowest BCUT2D eigenvalue weighted by Gasteiger charge is -2.10. The maximum Gasteiger partial charge on any atom is 0.370 e. The van der Waals surface area contributed by atoms with Crippen LogP contribution in [0.25, 0.3) is 0 Å². The molecule has 0 saturated heterocycles.